The van der Waals surface area contributed by atoms with Gasteiger partial charge < -0.3 is 5.73 Å². The summed E-state index contributed by atoms with van der Waals surface area (Å²) in [5, 5.41) is 0.257. The first-order valence-corrected chi connectivity index (χ1v) is 8.17. The van der Waals surface area contributed by atoms with Gasteiger partial charge >= 0.3 is 0 Å². The fraction of sp³-hybridized carbons (Fsp3) is 0.200. The van der Waals surface area contributed by atoms with Crippen molar-refractivity contribution < 1.29 is 8.42 Å². The molecule has 0 aliphatic rings. The molecule has 0 heterocycles. The van der Waals surface area contributed by atoms with Crippen LogP contribution in [0.4, 0.5) is 5.69 Å². The first kappa shape index (κ1) is 14.9. The van der Waals surface area contributed by atoms with Crippen LogP contribution in [-0.4, -0.2) is 8.42 Å². The molecule has 0 bridgehead atoms. The van der Waals surface area contributed by atoms with Crippen LogP contribution in [0, 0.1) is 13.8 Å². The van der Waals surface area contributed by atoms with E-state index >= 15 is 0 Å². The lowest BCUT2D eigenvalue weighted by Crippen LogP contribution is -2.08. The zero-order valence-electron chi connectivity index (χ0n) is 11.4. The molecule has 2 aromatic rings. The van der Waals surface area contributed by atoms with Crippen LogP contribution < -0.4 is 5.73 Å². The largest absolute Gasteiger partial charge is 0.398 e. The van der Waals surface area contributed by atoms with E-state index in [1.807, 2.05) is 32.0 Å². The second kappa shape index (κ2) is 5.46. The van der Waals surface area contributed by atoms with Crippen LogP contribution in [-0.2, 0) is 15.6 Å². The molecular formula is C15H16ClNO2S. The molecule has 2 aromatic carbocycles. The molecule has 0 aliphatic carbocycles. The van der Waals surface area contributed by atoms with Crippen molar-refractivity contribution in [3.05, 3.63) is 58.1 Å². The highest BCUT2D eigenvalue weighted by Gasteiger charge is 2.18. The molecule has 2 N–H and O–H groups in total. The van der Waals surface area contributed by atoms with E-state index in [1.54, 1.807) is 0 Å². The number of halogens is 1. The van der Waals surface area contributed by atoms with E-state index in [9.17, 15) is 8.42 Å². The van der Waals surface area contributed by atoms with E-state index < -0.39 is 9.84 Å². The molecule has 2 rings (SSSR count). The molecule has 20 heavy (non-hydrogen) atoms. The van der Waals surface area contributed by atoms with Crippen LogP contribution in [0.15, 0.2) is 41.3 Å². The van der Waals surface area contributed by atoms with Crippen molar-refractivity contribution in [1.82, 2.24) is 0 Å². The Morgan fingerprint density at radius 1 is 1.10 bits per heavy atom. The van der Waals surface area contributed by atoms with Crippen molar-refractivity contribution in [1.29, 1.82) is 0 Å². The van der Waals surface area contributed by atoms with Gasteiger partial charge in [0.15, 0.2) is 9.84 Å². The number of hydrogen-bond acceptors (Lipinski definition) is 3. The van der Waals surface area contributed by atoms with Gasteiger partial charge in [-0.25, -0.2) is 8.42 Å². The number of nitrogens with two attached hydrogens (primary N) is 1. The lowest BCUT2D eigenvalue weighted by molar-refractivity contribution is 0.595. The van der Waals surface area contributed by atoms with Crippen LogP contribution >= 0.6 is 11.6 Å². The average Bonchev–Trinajstić information content (AvgIpc) is 2.37. The summed E-state index contributed by atoms with van der Waals surface area (Å²) in [5.41, 5.74) is 8.75. The number of anilines is 1. The first-order valence-electron chi connectivity index (χ1n) is 6.14. The van der Waals surface area contributed by atoms with Crippen molar-refractivity contribution in [2.24, 2.45) is 0 Å². The molecule has 5 heteroatoms. The molecule has 0 saturated heterocycles. The Hall–Kier alpha value is -1.52. The molecule has 0 atom stereocenters. The van der Waals surface area contributed by atoms with Crippen molar-refractivity contribution in [2.75, 3.05) is 5.73 Å². The van der Waals surface area contributed by atoms with Gasteiger partial charge in [0.25, 0.3) is 0 Å². The molecule has 0 unspecified atom stereocenters. The Morgan fingerprint density at radius 2 is 1.70 bits per heavy atom. The third-order valence-electron chi connectivity index (χ3n) is 3.31. The Bertz CT molecular complexity index is 734. The number of benzene rings is 2. The third kappa shape index (κ3) is 2.97. The van der Waals surface area contributed by atoms with Crippen molar-refractivity contribution in [3.8, 4) is 0 Å². The number of sulfone groups is 1. The maximum atomic E-state index is 12.5. The summed E-state index contributed by atoms with van der Waals surface area (Å²) < 4.78 is 24.9. The minimum atomic E-state index is -3.44. The van der Waals surface area contributed by atoms with Gasteiger partial charge in [0.1, 0.15) is 0 Å². The van der Waals surface area contributed by atoms with E-state index in [-0.39, 0.29) is 15.7 Å². The summed E-state index contributed by atoms with van der Waals surface area (Å²) in [5.74, 6) is -0.0360. The highest BCUT2D eigenvalue weighted by Crippen LogP contribution is 2.26. The van der Waals surface area contributed by atoms with Crippen molar-refractivity contribution >= 4 is 27.1 Å². The second-order valence-electron chi connectivity index (χ2n) is 4.81. The predicted molar refractivity (Wildman–Crippen MR) is 82.7 cm³/mol. The SMILES string of the molecule is Cc1cccc(C)c1CS(=O)(=O)c1ccc(N)c(Cl)c1. The van der Waals surface area contributed by atoms with Gasteiger partial charge in [-0.2, -0.15) is 0 Å². The fourth-order valence-electron chi connectivity index (χ4n) is 2.05. The van der Waals surface area contributed by atoms with Crippen LogP contribution in [0.1, 0.15) is 16.7 Å². The summed E-state index contributed by atoms with van der Waals surface area (Å²) in [7, 11) is -3.44. The average molecular weight is 310 g/mol. The highest BCUT2D eigenvalue weighted by molar-refractivity contribution is 7.90. The number of hydrogen-bond donors (Lipinski definition) is 1. The molecule has 0 fully saturated rings. The van der Waals surface area contributed by atoms with Crippen molar-refractivity contribution in [2.45, 2.75) is 24.5 Å². The van der Waals surface area contributed by atoms with Gasteiger partial charge in [0, 0.05) is 0 Å². The first-order chi connectivity index (χ1) is 9.31. The Labute approximate surface area is 124 Å². The lowest BCUT2D eigenvalue weighted by Gasteiger charge is -2.11. The van der Waals surface area contributed by atoms with Crippen LogP contribution in [0.2, 0.25) is 5.02 Å². The predicted octanol–water partition coefficient (Wildman–Crippen LogP) is 3.51. The topological polar surface area (TPSA) is 60.2 Å². The van der Waals surface area contributed by atoms with Gasteiger partial charge in [-0.1, -0.05) is 29.8 Å². The summed E-state index contributed by atoms with van der Waals surface area (Å²) in [4.78, 5) is 0.194. The molecule has 0 radical (unpaired) electrons. The summed E-state index contributed by atoms with van der Waals surface area (Å²) >= 11 is 5.90. The molecule has 0 amide bonds. The lowest BCUT2D eigenvalue weighted by atomic mass is 10.1. The molecule has 0 spiro atoms. The maximum Gasteiger partial charge on any atom is 0.182 e. The minimum Gasteiger partial charge on any atom is -0.398 e. The summed E-state index contributed by atoms with van der Waals surface area (Å²) in [6, 6.07) is 10.1. The monoisotopic (exact) mass is 309 g/mol. The van der Waals surface area contributed by atoms with Gasteiger partial charge in [-0.3, -0.25) is 0 Å². The van der Waals surface area contributed by atoms with Gasteiger partial charge in [-0.15, -0.1) is 0 Å². The molecule has 0 aromatic heterocycles. The molecule has 3 nitrogen and oxygen atoms in total. The smallest absolute Gasteiger partial charge is 0.182 e. The van der Waals surface area contributed by atoms with E-state index in [0.717, 1.165) is 16.7 Å². The Morgan fingerprint density at radius 3 is 2.25 bits per heavy atom. The zero-order valence-corrected chi connectivity index (χ0v) is 12.9. The quantitative estimate of drug-likeness (QED) is 0.883. The van der Waals surface area contributed by atoms with E-state index in [0.29, 0.717) is 5.69 Å². The standard InChI is InChI=1S/C15H16ClNO2S/c1-10-4-3-5-11(2)13(10)9-20(18,19)12-6-7-15(17)14(16)8-12/h3-8H,9,17H2,1-2H3. The molecule has 0 saturated carbocycles. The Kier molecular flexibility index (Phi) is 4.06. The van der Waals surface area contributed by atoms with Crippen LogP contribution in [0.5, 0.6) is 0 Å². The molecule has 106 valence electrons. The molecular weight excluding hydrogens is 294 g/mol. The fourth-order valence-corrected chi connectivity index (χ4v) is 3.87. The zero-order chi connectivity index (χ0) is 14.9. The number of rotatable bonds is 3. The highest BCUT2D eigenvalue weighted by atomic mass is 35.5. The van der Waals surface area contributed by atoms with Gasteiger partial charge in [0.05, 0.1) is 21.4 Å². The summed E-state index contributed by atoms with van der Waals surface area (Å²) in [6.07, 6.45) is 0. The van der Waals surface area contributed by atoms with Gasteiger partial charge in [0.2, 0.25) is 0 Å². The van der Waals surface area contributed by atoms with Crippen LogP contribution in [0.25, 0.3) is 0 Å². The van der Waals surface area contributed by atoms with Gasteiger partial charge in [-0.05, 0) is 48.7 Å². The normalized spacial score (nSPS) is 11.6. The van der Waals surface area contributed by atoms with E-state index in [1.165, 1.54) is 18.2 Å². The second-order valence-corrected chi connectivity index (χ2v) is 7.21. The Balaban J connectivity index is 2.43. The maximum absolute atomic E-state index is 12.5. The number of nitrogen functional groups attached to an aromatic ring is 1. The minimum absolute atomic E-state index is 0.0360. The number of aryl methyl sites for hydroxylation is 2. The third-order valence-corrected chi connectivity index (χ3v) is 5.28. The summed E-state index contributed by atoms with van der Waals surface area (Å²) in [6.45, 7) is 3.82. The van der Waals surface area contributed by atoms with Crippen molar-refractivity contribution in [3.63, 3.8) is 0 Å². The van der Waals surface area contributed by atoms with Crippen LogP contribution in [0.3, 0.4) is 0 Å². The van der Waals surface area contributed by atoms with E-state index in [2.05, 4.69) is 0 Å². The molecule has 0 aliphatic heterocycles. The van der Waals surface area contributed by atoms with E-state index in [4.69, 9.17) is 17.3 Å².